The van der Waals surface area contributed by atoms with Crippen molar-refractivity contribution in [3.63, 3.8) is 0 Å². The van der Waals surface area contributed by atoms with Gasteiger partial charge in [-0.05, 0) is 17.7 Å². The van der Waals surface area contributed by atoms with Crippen LogP contribution < -0.4 is 4.74 Å². The fraction of sp³-hybridized carbons (Fsp3) is 0.286. The molecule has 0 atom stereocenters. The first kappa shape index (κ1) is 13.1. The second kappa shape index (κ2) is 5.92. The van der Waals surface area contributed by atoms with Gasteiger partial charge in [0.1, 0.15) is 5.75 Å². The first-order valence-electron chi connectivity index (χ1n) is 5.30. The van der Waals surface area contributed by atoms with Crippen molar-refractivity contribution in [1.82, 2.24) is 0 Å². The van der Waals surface area contributed by atoms with E-state index >= 15 is 0 Å². The van der Waals surface area contributed by atoms with Crippen LogP contribution in [0.5, 0.6) is 5.75 Å². The highest BCUT2D eigenvalue weighted by molar-refractivity contribution is 6.17. The second-order valence-electron chi connectivity index (χ2n) is 3.69. The van der Waals surface area contributed by atoms with Gasteiger partial charge in [0.05, 0.1) is 13.5 Å². The minimum Gasteiger partial charge on any atom is -0.497 e. The smallest absolute Gasteiger partial charge is 0.278 e. The van der Waals surface area contributed by atoms with Crippen LogP contribution in [0.15, 0.2) is 29.8 Å². The molecule has 0 unspecified atom stereocenters. The Bertz CT molecular complexity index is 442. The number of carbonyl (C=O) groups is 2. The lowest BCUT2D eigenvalue weighted by Gasteiger charge is -2.00. The highest BCUT2D eigenvalue weighted by Crippen LogP contribution is 2.13. The molecule has 0 saturated carbocycles. The maximum absolute atomic E-state index is 11.2. The zero-order chi connectivity index (χ0) is 12.8. The summed E-state index contributed by atoms with van der Waals surface area (Å²) < 4.78 is 5.09. The maximum atomic E-state index is 11.2. The van der Waals surface area contributed by atoms with Gasteiger partial charge in [-0.25, -0.2) is 9.59 Å². The number of ether oxygens (including phenoxy) is 1. The molecular weight excluding hydrogens is 216 g/mol. The van der Waals surface area contributed by atoms with Crippen LogP contribution in [-0.4, -0.2) is 18.7 Å². The van der Waals surface area contributed by atoms with E-state index in [1.54, 1.807) is 7.11 Å². The Labute approximate surface area is 101 Å². The minimum atomic E-state index is -0.250. The van der Waals surface area contributed by atoms with Gasteiger partial charge in [-0.3, -0.25) is 0 Å². The largest absolute Gasteiger partial charge is 0.497 e. The van der Waals surface area contributed by atoms with E-state index in [0.717, 1.165) is 11.3 Å². The van der Waals surface area contributed by atoms with E-state index in [9.17, 15) is 9.59 Å². The predicted molar refractivity (Wildman–Crippen MR) is 64.8 cm³/mol. The molecule has 0 radical (unpaired) electrons. The molecule has 0 amide bonds. The number of benzene rings is 1. The maximum Gasteiger partial charge on any atom is 0.278 e. The quantitative estimate of drug-likeness (QED) is 0.337. The third-order valence-electron chi connectivity index (χ3n) is 2.31. The Hall–Kier alpha value is -1.99. The molecule has 0 fully saturated rings. The normalized spacial score (nSPS) is 9.35. The highest BCUT2D eigenvalue weighted by atomic mass is 16.5. The Balaban J connectivity index is 2.86. The van der Waals surface area contributed by atoms with Crippen molar-refractivity contribution in [2.75, 3.05) is 7.11 Å². The van der Waals surface area contributed by atoms with E-state index in [4.69, 9.17) is 4.74 Å². The van der Waals surface area contributed by atoms with Crippen LogP contribution in [0.25, 0.3) is 0 Å². The van der Waals surface area contributed by atoms with E-state index in [2.05, 4.69) is 6.08 Å². The number of hydrogen-bond donors (Lipinski definition) is 0. The summed E-state index contributed by atoms with van der Waals surface area (Å²) in [4.78, 5) is 22.4. The van der Waals surface area contributed by atoms with E-state index in [1.165, 1.54) is 13.8 Å². The van der Waals surface area contributed by atoms with Gasteiger partial charge in [-0.1, -0.05) is 12.1 Å². The Kier molecular flexibility index (Phi) is 4.56. The molecule has 0 aliphatic heterocycles. The molecule has 0 spiro atoms. The zero-order valence-electron chi connectivity index (χ0n) is 10.2. The Morgan fingerprint density at radius 1 is 1.24 bits per heavy atom. The molecule has 1 aromatic carbocycles. The summed E-state index contributed by atoms with van der Waals surface area (Å²) in [6.45, 7) is 2.74. The van der Waals surface area contributed by atoms with Gasteiger partial charge < -0.3 is 4.74 Å². The third-order valence-corrected chi connectivity index (χ3v) is 2.31. The predicted octanol–water partition coefficient (Wildman–Crippen LogP) is 2.15. The van der Waals surface area contributed by atoms with Crippen molar-refractivity contribution in [2.24, 2.45) is 0 Å². The number of Topliss-reactive ketones (excluding diaryl/α,β-unsaturated/α-hetero) is 2. The van der Waals surface area contributed by atoms with Gasteiger partial charge in [0, 0.05) is 19.9 Å². The van der Waals surface area contributed by atoms with Crippen molar-refractivity contribution in [2.45, 2.75) is 20.3 Å². The molecule has 0 bridgehead atoms. The van der Waals surface area contributed by atoms with Crippen molar-refractivity contribution in [3.05, 3.63) is 41.5 Å². The fourth-order valence-corrected chi connectivity index (χ4v) is 1.47. The van der Waals surface area contributed by atoms with Gasteiger partial charge in [0.2, 0.25) is 0 Å². The SMILES string of the molecule is COc1cccc(C[C+]=C(C(C)=O)C(C)=O)c1. The van der Waals surface area contributed by atoms with Crippen molar-refractivity contribution in [3.8, 4) is 5.75 Å². The fourth-order valence-electron chi connectivity index (χ4n) is 1.47. The van der Waals surface area contributed by atoms with Crippen LogP contribution in [0, 0.1) is 6.08 Å². The highest BCUT2D eigenvalue weighted by Gasteiger charge is 2.21. The number of carbonyl (C=O) groups excluding carboxylic acids is 2. The van der Waals surface area contributed by atoms with E-state index < -0.39 is 0 Å². The molecule has 0 saturated heterocycles. The number of hydrogen-bond acceptors (Lipinski definition) is 3. The Morgan fingerprint density at radius 2 is 1.88 bits per heavy atom. The van der Waals surface area contributed by atoms with Crippen LogP contribution in [0.3, 0.4) is 0 Å². The zero-order valence-corrected chi connectivity index (χ0v) is 10.2. The average molecular weight is 231 g/mol. The summed E-state index contributed by atoms with van der Waals surface area (Å²) >= 11 is 0. The van der Waals surface area contributed by atoms with Crippen LogP contribution >= 0.6 is 0 Å². The first-order valence-corrected chi connectivity index (χ1v) is 5.30. The van der Waals surface area contributed by atoms with E-state index in [0.29, 0.717) is 6.42 Å². The topological polar surface area (TPSA) is 43.4 Å². The van der Waals surface area contributed by atoms with Crippen LogP contribution in [-0.2, 0) is 16.0 Å². The van der Waals surface area contributed by atoms with Gasteiger partial charge in [-0.2, -0.15) is 0 Å². The van der Waals surface area contributed by atoms with Crippen molar-refractivity contribution < 1.29 is 14.3 Å². The Morgan fingerprint density at radius 3 is 2.41 bits per heavy atom. The summed E-state index contributed by atoms with van der Waals surface area (Å²) in [5, 5.41) is 0. The molecule has 0 aliphatic rings. The lowest BCUT2D eigenvalue weighted by atomic mass is 10.0. The second-order valence-corrected chi connectivity index (χ2v) is 3.69. The summed E-state index contributed by atoms with van der Waals surface area (Å²) in [5.74, 6) is 0.247. The summed E-state index contributed by atoms with van der Waals surface area (Å²) in [6.07, 6.45) is 3.27. The number of ketones is 2. The molecule has 0 aliphatic carbocycles. The molecule has 3 nitrogen and oxygen atoms in total. The van der Waals surface area contributed by atoms with Crippen LogP contribution in [0.2, 0.25) is 0 Å². The molecule has 0 N–H and O–H groups in total. The van der Waals surface area contributed by atoms with Crippen molar-refractivity contribution >= 4 is 11.6 Å². The standard InChI is InChI=1S/C14H15O3/c1-10(15)14(11(2)16)8-7-12-5-4-6-13(9-12)17-3/h4-6,9H,7H2,1-3H3/q+1. The van der Waals surface area contributed by atoms with Crippen molar-refractivity contribution in [1.29, 1.82) is 0 Å². The van der Waals surface area contributed by atoms with E-state index in [-0.39, 0.29) is 17.1 Å². The van der Waals surface area contributed by atoms with Gasteiger partial charge >= 0.3 is 0 Å². The lowest BCUT2D eigenvalue weighted by molar-refractivity contribution is -0.119. The third kappa shape index (κ3) is 3.82. The minimum absolute atomic E-state index is 0.132. The molecular formula is C14H15O3+. The van der Waals surface area contributed by atoms with Gasteiger partial charge in [0.15, 0.2) is 0 Å². The van der Waals surface area contributed by atoms with Gasteiger partial charge in [-0.15, -0.1) is 0 Å². The summed E-state index contributed by atoms with van der Waals surface area (Å²) in [6, 6.07) is 7.44. The van der Waals surface area contributed by atoms with E-state index in [1.807, 2.05) is 24.3 Å². The number of allylic oxidation sites excluding steroid dienone is 2. The van der Waals surface area contributed by atoms with Gasteiger partial charge in [0.25, 0.3) is 17.1 Å². The molecule has 0 aromatic heterocycles. The average Bonchev–Trinajstić information content (AvgIpc) is 2.28. The van der Waals surface area contributed by atoms with Crippen LogP contribution in [0.1, 0.15) is 19.4 Å². The molecule has 1 aromatic rings. The molecule has 0 heterocycles. The molecule has 88 valence electrons. The monoisotopic (exact) mass is 231 g/mol. The number of methoxy groups -OCH3 is 1. The number of rotatable bonds is 5. The molecule has 3 heteroatoms. The molecule has 1 rings (SSSR count). The molecule has 17 heavy (non-hydrogen) atoms. The summed E-state index contributed by atoms with van der Waals surface area (Å²) in [5.41, 5.74) is 1.08. The van der Waals surface area contributed by atoms with Crippen LogP contribution in [0.4, 0.5) is 0 Å². The summed E-state index contributed by atoms with van der Waals surface area (Å²) in [7, 11) is 1.59. The lowest BCUT2D eigenvalue weighted by Crippen LogP contribution is -2.07. The first-order chi connectivity index (χ1) is 8.04.